The van der Waals surface area contributed by atoms with Gasteiger partial charge in [-0.3, -0.25) is 0 Å². The van der Waals surface area contributed by atoms with Crippen molar-refractivity contribution in [2.45, 2.75) is 32.9 Å². The van der Waals surface area contributed by atoms with E-state index in [0.717, 1.165) is 16.9 Å². The summed E-state index contributed by atoms with van der Waals surface area (Å²) in [7, 11) is 3.98. The van der Waals surface area contributed by atoms with E-state index in [0.29, 0.717) is 26.2 Å². The quantitative estimate of drug-likeness (QED) is 0.521. The molecule has 0 aliphatic carbocycles. The van der Waals surface area contributed by atoms with E-state index in [4.69, 9.17) is 14.5 Å². The molecule has 0 saturated carbocycles. The lowest BCUT2D eigenvalue weighted by molar-refractivity contribution is -0.149. The average molecular weight is 333 g/mol. The van der Waals surface area contributed by atoms with Gasteiger partial charge in [-0.05, 0) is 39.6 Å². The zero-order chi connectivity index (χ0) is 17.5. The Labute approximate surface area is 143 Å². The molecule has 1 atom stereocenters. The minimum atomic E-state index is -0.381. The van der Waals surface area contributed by atoms with Gasteiger partial charge in [0, 0.05) is 6.61 Å². The first-order chi connectivity index (χ1) is 11.6. The standard InChI is InChI=1S/C18H27N3O3/c1-5-15(18(22)24-12-11-23-6-2)21-16-10-8-7-9-14(16)19-17(21)13-20(3)4/h7-10,15H,5-6,11-13H2,1-4H3. The normalized spacial score (nSPS) is 12.7. The van der Waals surface area contributed by atoms with E-state index >= 15 is 0 Å². The van der Waals surface area contributed by atoms with E-state index in [-0.39, 0.29) is 18.6 Å². The molecule has 0 fully saturated rings. The summed E-state index contributed by atoms with van der Waals surface area (Å²) in [4.78, 5) is 19.3. The number of esters is 1. The molecule has 0 aliphatic heterocycles. The number of aromatic nitrogens is 2. The summed E-state index contributed by atoms with van der Waals surface area (Å²) in [6, 6.07) is 7.51. The van der Waals surface area contributed by atoms with Gasteiger partial charge < -0.3 is 18.9 Å². The topological polar surface area (TPSA) is 56.6 Å². The maximum Gasteiger partial charge on any atom is 0.329 e. The van der Waals surface area contributed by atoms with Crippen molar-refractivity contribution >= 4 is 17.0 Å². The summed E-state index contributed by atoms with van der Waals surface area (Å²) in [6.07, 6.45) is 0.647. The Morgan fingerprint density at radius 3 is 2.67 bits per heavy atom. The van der Waals surface area contributed by atoms with Crippen LogP contribution in [0.1, 0.15) is 32.1 Å². The molecule has 1 heterocycles. The Hall–Kier alpha value is -1.92. The number of ether oxygens (including phenoxy) is 2. The van der Waals surface area contributed by atoms with Gasteiger partial charge in [-0.1, -0.05) is 19.1 Å². The van der Waals surface area contributed by atoms with E-state index in [1.54, 1.807) is 0 Å². The molecule has 2 aromatic rings. The molecule has 1 aromatic heterocycles. The third-order valence-electron chi connectivity index (χ3n) is 3.77. The van der Waals surface area contributed by atoms with Gasteiger partial charge in [-0.25, -0.2) is 9.78 Å². The molecule has 0 amide bonds. The van der Waals surface area contributed by atoms with Crippen molar-refractivity contribution in [3.05, 3.63) is 30.1 Å². The van der Waals surface area contributed by atoms with Gasteiger partial charge >= 0.3 is 5.97 Å². The van der Waals surface area contributed by atoms with Crippen LogP contribution >= 0.6 is 0 Å². The van der Waals surface area contributed by atoms with Gasteiger partial charge in [0.15, 0.2) is 0 Å². The van der Waals surface area contributed by atoms with Crippen LogP contribution in [0.4, 0.5) is 0 Å². The van der Waals surface area contributed by atoms with Crippen LogP contribution < -0.4 is 0 Å². The van der Waals surface area contributed by atoms with Crippen molar-refractivity contribution < 1.29 is 14.3 Å². The van der Waals surface area contributed by atoms with Crippen LogP contribution in [0.3, 0.4) is 0 Å². The van der Waals surface area contributed by atoms with E-state index in [1.165, 1.54) is 0 Å². The molecular formula is C18H27N3O3. The zero-order valence-corrected chi connectivity index (χ0v) is 15.0. The molecule has 132 valence electrons. The third kappa shape index (κ3) is 4.33. The first-order valence-corrected chi connectivity index (χ1v) is 8.43. The van der Waals surface area contributed by atoms with Crippen LogP contribution in [0.15, 0.2) is 24.3 Å². The number of imidazole rings is 1. The molecule has 0 radical (unpaired) electrons. The van der Waals surface area contributed by atoms with Crippen molar-refractivity contribution in [2.75, 3.05) is 33.9 Å². The third-order valence-corrected chi connectivity index (χ3v) is 3.77. The molecule has 1 unspecified atom stereocenters. The molecule has 0 bridgehead atoms. The van der Waals surface area contributed by atoms with Gasteiger partial charge in [0.05, 0.1) is 24.2 Å². The monoisotopic (exact) mass is 333 g/mol. The van der Waals surface area contributed by atoms with Crippen LogP contribution in [-0.2, 0) is 20.8 Å². The molecule has 2 rings (SSSR count). The summed E-state index contributed by atoms with van der Waals surface area (Å²) in [5, 5.41) is 0. The number of nitrogens with zero attached hydrogens (tertiary/aromatic N) is 3. The predicted molar refractivity (Wildman–Crippen MR) is 93.9 cm³/mol. The SMILES string of the molecule is CCOCCOC(=O)C(CC)n1c(CN(C)C)nc2ccccc21. The predicted octanol–water partition coefficient (Wildman–Crippen LogP) is 2.63. The lowest BCUT2D eigenvalue weighted by Crippen LogP contribution is -2.26. The molecule has 0 saturated heterocycles. The second-order valence-corrected chi connectivity index (χ2v) is 5.91. The molecule has 1 aromatic carbocycles. The number of para-hydroxylation sites is 2. The number of carbonyl (C=O) groups is 1. The minimum absolute atomic E-state index is 0.236. The van der Waals surface area contributed by atoms with Crippen LogP contribution in [0.25, 0.3) is 11.0 Å². The van der Waals surface area contributed by atoms with Crippen molar-refractivity contribution in [3.63, 3.8) is 0 Å². The molecule has 6 heteroatoms. The summed E-state index contributed by atoms with van der Waals surface area (Å²) in [5.74, 6) is 0.634. The molecule has 6 nitrogen and oxygen atoms in total. The second kappa shape index (κ2) is 8.80. The smallest absolute Gasteiger partial charge is 0.329 e. The maximum absolute atomic E-state index is 12.6. The van der Waals surface area contributed by atoms with E-state index < -0.39 is 0 Å². The zero-order valence-electron chi connectivity index (χ0n) is 15.0. The van der Waals surface area contributed by atoms with Crippen LogP contribution in [0.2, 0.25) is 0 Å². The van der Waals surface area contributed by atoms with Crippen LogP contribution in [0, 0.1) is 0 Å². The summed E-state index contributed by atoms with van der Waals surface area (Å²) >= 11 is 0. The summed E-state index contributed by atoms with van der Waals surface area (Å²) in [5.41, 5.74) is 1.86. The molecular weight excluding hydrogens is 306 g/mol. The molecule has 0 spiro atoms. The van der Waals surface area contributed by atoms with Gasteiger partial charge in [0.1, 0.15) is 18.5 Å². The van der Waals surface area contributed by atoms with Gasteiger partial charge in [0.25, 0.3) is 0 Å². The first kappa shape index (κ1) is 18.4. The lowest BCUT2D eigenvalue weighted by atomic mass is 10.2. The van der Waals surface area contributed by atoms with Crippen LogP contribution in [-0.4, -0.2) is 54.3 Å². The summed E-state index contributed by atoms with van der Waals surface area (Å²) < 4.78 is 12.6. The minimum Gasteiger partial charge on any atom is -0.462 e. The first-order valence-electron chi connectivity index (χ1n) is 8.43. The number of benzene rings is 1. The largest absolute Gasteiger partial charge is 0.462 e. The van der Waals surface area contributed by atoms with Crippen LogP contribution in [0.5, 0.6) is 0 Å². The number of hydrogen-bond acceptors (Lipinski definition) is 5. The molecule has 0 N–H and O–H groups in total. The number of fused-ring (bicyclic) bond motifs is 1. The fraction of sp³-hybridized carbons (Fsp3) is 0.556. The van der Waals surface area contributed by atoms with Crippen molar-refractivity contribution in [3.8, 4) is 0 Å². The highest BCUT2D eigenvalue weighted by Gasteiger charge is 2.25. The van der Waals surface area contributed by atoms with Gasteiger partial charge in [-0.15, -0.1) is 0 Å². The fourth-order valence-corrected chi connectivity index (χ4v) is 2.73. The molecule has 0 aliphatic rings. The highest BCUT2D eigenvalue weighted by Crippen LogP contribution is 2.25. The van der Waals surface area contributed by atoms with Gasteiger partial charge in [-0.2, -0.15) is 0 Å². The van der Waals surface area contributed by atoms with E-state index in [9.17, 15) is 4.79 Å². The Bertz CT molecular complexity index is 667. The maximum atomic E-state index is 12.6. The number of carbonyl (C=O) groups excluding carboxylic acids is 1. The second-order valence-electron chi connectivity index (χ2n) is 5.91. The highest BCUT2D eigenvalue weighted by molar-refractivity contribution is 5.81. The number of hydrogen-bond donors (Lipinski definition) is 0. The average Bonchev–Trinajstić information content (AvgIpc) is 2.90. The Morgan fingerprint density at radius 1 is 1.25 bits per heavy atom. The van der Waals surface area contributed by atoms with Crippen molar-refractivity contribution in [2.24, 2.45) is 0 Å². The Balaban J connectivity index is 2.30. The Kier molecular flexibility index (Phi) is 6.75. The summed E-state index contributed by atoms with van der Waals surface area (Å²) in [6.45, 7) is 5.89. The Morgan fingerprint density at radius 2 is 2.00 bits per heavy atom. The van der Waals surface area contributed by atoms with E-state index in [2.05, 4.69) is 0 Å². The number of rotatable bonds is 9. The van der Waals surface area contributed by atoms with Crippen molar-refractivity contribution in [1.82, 2.24) is 14.5 Å². The van der Waals surface area contributed by atoms with Gasteiger partial charge in [0.2, 0.25) is 0 Å². The highest BCUT2D eigenvalue weighted by atomic mass is 16.6. The lowest BCUT2D eigenvalue weighted by Gasteiger charge is -2.20. The fourth-order valence-electron chi connectivity index (χ4n) is 2.73. The van der Waals surface area contributed by atoms with Crippen molar-refractivity contribution in [1.29, 1.82) is 0 Å². The van der Waals surface area contributed by atoms with E-state index in [1.807, 2.05) is 61.7 Å². The molecule has 24 heavy (non-hydrogen) atoms.